The van der Waals surface area contributed by atoms with E-state index in [2.05, 4.69) is 0 Å². The monoisotopic (exact) mass is 1230 g/mol. The first kappa shape index (κ1) is 58.4. The summed E-state index contributed by atoms with van der Waals surface area (Å²) in [7, 11) is 0. The molecule has 0 fully saturated rings. The number of carbonyl (C=O) groups is 1. The Labute approximate surface area is 540 Å². The minimum Gasteiger partial charge on any atom is -0.457 e. The quantitative estimate of drug-likeness (QED) is 0.0587. The van der Waals surface area contributed by atoms with Gasteiger partial charge in [-0.15, -0.1) is 0 Å². The van der Waals surface area contributed by atoms with Gasteiger partial charge in [0.15, 0.2) is 23.3 Å². The van der Waals surface area contributed by atoms with Crippen molar-refractivity contribution in [3.05, 3.63) is 327 Å². The van der Waals surface area contributed by atoms with Crippen molar-refractivity contribution in [1.82, 2.24) is 29.9 Å². The van der Waals surface area contributed by atoms with Crippen molar-refractivity contribution in [2.45, 2.75) is 0 Å². The van der Waals surface area contributed by atoms with Crippen LogP contribution in [0.25, 0.3) is 45.6 Å². The number of hydrogen-bond donors (Lipinski definition) is 0. The van der Waals surface area contributed by atoms with Crippen molar-refractivity contribution in [2.24, 2.45) is 0 Å². The number of para-hydroxylation sites is 8. The Hall–Kier alpha value is -13.3. The second-order valence-electron chi connectivity index (χ2n) is 21.0. The van der Waals surface area contributed by atoms with E-state index in [1.165, 1.54) is 0 Å². The van der Waals surface area contributed by atoms with Gasteiger partial charge >= 0.3 is 0 Å². The van der Waals surface area contributed by atoms with Gasteiger partial charge in [-0.3, -0.25) is 4.79 Å². The van der Waals surface area contributed by atoms with E-state index in [-0.39, 0.29) is 34.9 Å². The van der Waals surface area contributed by atoms with Crippen LogP contribution in [0.3, 0.4) is 0 Å². The molecular formula is C79H52N6O9. The minimum atomic E-state index is -0.806. The molecular weight excluding hydrogens is 1180 g/mol. The van der Waals surface area contributed by atoms with Crippen LogP contribution in [0.15, 0.2) is 315 Å². The number of carbonyl (C=O) groups excluding carboxylic acids is 1. The molecule has 15 heteroatoms. The smallest absolute Gasteiger partial charge is 0.267 e. The van der Waals surface area contributed by atoms with Gasteiger partial charge in [0.05, 0.1) is 0 Å². The molecule has 12 aromatic carbocycles. The first-order valence-electron chi connectivity index (χ1n) is 29.9. The number of nitrogens with zero attached hydrogens (tertiary/aromatic N) is 6. The van der Waals surface area contributed by atoms with Crippen LogP contribution in [-0.4, -0.2) is 35.7 Å². The number of aromatic nitrogens is 6. The molecule has 0 amide bonds. The summed E-state index contributed by atoms with van der Waals surface area (Å²) in [5, 5.41) is 0. The molecule has 0 unspecified atom stereocenters. The summed E-state index contributed by atoms with van der Waals surface area (Å²) in [4.78, 5) is 46.4. The maximum absolute atomic E-state index is 16.1. The molecule has 14 rings (SSSR count). The lowest BCUT2D eigenvalue weighted by atomic mass is 10.1. The highest BCUT2D eigenvalue weighted by Gasteiger charge is 2.26. The fourth-order valence-corrected chi connectivity index (χ4v) is 9.84. The van der Waals surface area contributed by atoms with Crippen molar-refractivity contribution in [1.29, 1.82) is 0 Å². The lowest BCUT2D eigenvalue weighted by Gasteiger charge is -2.15. The average Bonchev–Trinajstić information content (AvgIpc) is 0.819. The molecule has 94 heavy (non-hydrogen) atoms. The molecule has 0 spiro atoms. The van der Waals surface area contributed by atoms with E-state index < -0.39 is 5.78 Å². The number of ether oxygens (including phenoxy) is 8. The normalized spacial score (nSPS) is 10.8. The van der Waals surface area contributed by atoms with Gasteiger partial charge in [0.1, 0.15) is 92.0 Å². The maximum Gasteiger partial charge on any atom is 0.267 e. The van der Waals surface area contributed by atoms with E-state index >= 15 is 4.79 Å². The van der Waals surface area contributed by atoms with E-state index in [4.69, 9.17) is 67.8 Å². The van der Waals surface area contributed by atoms with E-state index in [0.717, 1.165) is 0 Å². The largest absolute Gasteiger partial charge is 0.457 e. The molecule has 0 bridgehead atoms. The summed E-state index contributed by atoms with van der Waals surface area (Å²) in [6.07, 6.45) is 0. The summed E-state index contributed by atoms with van der Waals surface area (Å²) in [6, 6.07) is 95.7. The highest BCUT2D eigenvalue weighted by atomic mass is 16.5. The second kappa shape index (κ2) is 27.6. The number of ketones is 1. The summed E-state index contributed by atoms with van der Waals surface area (Å²) in [5.41, 5.74) is 1.59. The van der Waals surface area contributed by atoms with Gasteiger partial charge in [0.25, 0.3) is 5.78 Å². The van der Waals surface area contributed by atoms with Crippen LogP contribution in [-0.2, 0) is 0 Å². The Morgan fingerprint density at radius 1 is 0.181 bits per heavy atom. The van der Waals surface area contributed by atoms with Crippen molar-refractivity contribution in [2.75, 3.05) is 0 Å². The summed E-state index contributed by atoms with van der Waals surface area (Å²) >= 11 is 0. The number of rotatable bonds is 22. The Kier molecular flexibility index (Phi) is 17.2. The van der Waals surface area contributed by atoms with Crippen LogP contribution in [0.4, 0.5) is 0 Å². The third-order valence-electron chi connectivity index (χ3n) is 14.1. The SMILES string of the molecule is O=C(c1nc(-c2cc(Oc3ccccc3)cc(Oc3ccccc3)c2)nc(-c2cc(Oc3ccccc3)cc(Oc3ccccc3)c2)n1)c1nc(-c2cc(Oc3ccccc3)cc(Oc3ccccc3)c2)nc(-c2cc(Oc3ccccc3)cc(Oc3ccccc3)c2)n1. The Morgan fingerprint density at radius 2 is 0.330 bits per heavy atom. The fraction of sp³-hybridized carbons (Fsp3) is 0. The van der Waals surface area contributed by atoms with Crippen molar-refractivity contribution < 1.29 is 42.7 Å². The molecule has 0 saturated heterocycles. The fourth-order valence-electron chi connectivity index (χ4n) is 9.84. The zero-order valence-corrected chi connectivity index (χ0v) is 49.9. The van der Waals surface area contributed by atoms with Gasteiger partial charge in [-0.2, -0.15) is 0 Å². The molecule has 0 N–H and O–H groups in total. The Morgan fingerprint density at radius 3 is 0.479 bits per heavy atom. The number of hydrogen-bond acceptors (Lipinski definition) is 15. The molecule has 0 aliphatic rings. The summed E-state index contributed by atoms with van der Waals surface area (Å²) in [6.45, 7) is 0. The third kappa shape index (κ3) is 14.9. The zero-order valence-electron chi connectivity index (χ0n) is 49.9. The van der Waals surface area contributed by atoms with Crippen molar-refractivity contribution >= 4 is 5.78 Å². The van der Waals surface area contributed by atoms with Gasteiger partial charge in [0, 0.05) is 46.5 Å². The Balaban J connectivity index is 0.972. The average molecular weight is 1230 g/mol. The van der Waals surface area contributed by atoms with Crippen molar-refractivity contribution in [3.63, 3.8) is 0 Å². The lowest BCUT2D eigenvalue weighted by Crippen LogP contribution is -2.15. The maximum atomic E-state index is 16.1. The van der Waals surface area contributed by atoms with Gasteiger partial charge in [-0.05, 0) is 146 Å². The predicted octanol–water partition coefficient (Wildman–Crippen LogP) is 20.3. The molecule has 0 aliphatic heterocycles. The molecule has 14 aromatic rings. The second-order valence-corrected chi connectivity index (χ2v) is 21.0. The van der Waals surface area contributed by atoms with Gasteiger partial charge in [-0.25, -0.2) is 29.9 Å². The number of benzene rings is 12. The molecule has 0 saturated carbocycles. The predicted molar refractivity (Wildman–Crippen MR) is 357 cm³/mol. The van der Waals surface area contributed by atoms with Crippen LogP contribution in [0.1, 0.15) is 16.4 Å². The van der Waals surface area contributed by atoms with E-state index in [1.807, 2.05) is 243 Å². The van der Waals surface area contributed by atoms with E-state index in [9.17, 15) is 0 Å². The molecule has 15 nitrogen and oxygen atoms in total. The minimum absolute atomic E-state index is 0.0566. The third-order valence-corrected chi connectivity index (χ3v) is 14.1. The van der Waals surface area contributed by atoms with Gasteiger partial charge < -0.3 is 37.9 Å². The zero-order chi connectivity index (χ0) is 63.3. The topological polar surface area (TPSA) is 168 Å². The summed E-state index contributed by atoms with van der Waals surface area (Å²) in [5.74, 6) is 6.32. The lowest BCUT2D eigenvalue weighted by molar-refractivity contribution is 0.101. The Bertz CT molecular complexity index is 4070. The molecule has 0 radical (unpaired) electrons. The first-order chi connectivity index (χ1) is 46.3. The molecule has 0 atom stereocenters. The van der Waals surface area contributed by atoms with Gasteiger partial charge in [-0.1, -0.05) is 146 Å². The highest BCUT2D eigenvalue weighted by molar-refractivity contribution is 6.04. The van der Waals surface area contributed by atoms with Crippen LogP contribution in [0.2, 0.25) is 0 Å². The highest BCUT2D eigenvalue weighted by Crippen LogP contribution is 2.40. The van der Waals surface area contributed by atoms with Crippen LogP contribution < -0.4 is 37.9 Å². The van der Waals surface area contributed by atoms with Gasteiger partial charge in [0.2, 0.25) is 11.6 Å². The van der Waals surface area contributed by atoms with Crippen LogP contribution in [0, 0.1) is 0 Å². The summed E-state index contributed by atoms with van der Waals surface area (Å²) < 4.78 is 51.9. The van der Waals surface area contributed by atoms with E-state index in [0.29, 0.717) is 114 Å². The molecule has 2 aromatic heterocycles. The molecule has 2 heterocycles. The van der Waals surface area contributed by atoms with Crippen molar-refractivity contribution in [3.8, 4) is 138 Å². The van der Waals surface area contributed by atoms with Crippen LogP contribution >= 0.6 is 0 Å². The van der Waals surface area contributed by atoms with E-state index in [1.54, 1.807) is 72.8 Å². The molecule has 452 valence electrons. The van der Waals surface area contributed by atoms with Crippen LogP contribution in [0.5, 0.6) is 92.0 Å². The molecule has 0 aliphatic carbocycles. The first-order valence-corrected chi connectivity index (χ1v) is 29.9. The standard InChI is InChI=1S/C79H52N6O9/c86-73(78-82-74(53-41-65(87-57-25-9-1-10-26-57)49-66(42-53)88-58-27-11-2-12-28-58)80-75(83-78)54-43-67(89-59-29-13-3-14-30-59)50-68(44-54)90-60-31-15-4-16-32-60)79-84-76(55-45-69(91-61-33-17-5-18-34-61)51-70(46-55)92-62-35-19-6-20-36-62)81-77(85-79)56-47-71(93-63-37-21-7-22-38-63)52-72(48-56)94-64-39-23-8-24-40-64/h1-52H.